The highest BCUT2D eigenvalue weighted by Crippen LogP contribution is 2.19. The Hall–Kier alpha value is -4.20. The van der Waals surface area contributed by atoms with Gasteiger partial charge < -0.3 is 14.8 Å². The number of ether oxygens (including phenoxy) is 2. The van der Waals surface area contributed by atoms with Crippen LogP contribution in [0.4, 0.5) is 5.69 Å². The molecule has 0 atom stereocenters. The van der Waals surface area contributed by atoms with Crippen LogP contribution in [-0.2, 0) is 11.4 Å². The summed E-state index contributed by atoms with van der Waals surface area (Å²) in [5, 5.41) is 13.8. The van der Waals surface area contributed by atoms with E-state index in [4.69, 9.17) is 9.47 Å². The Morgan fingerprint density at radius 2 is 1.57 bits per heavy atom. The second-order valence-electron chi connectivity index (χ2n) is 6.38. The Kier molecular flexibility index (Phi) is 5.95. The van der Waals surface area contributed by atoms with E-state index in [1.54, 1.807) is 36.4 Å². The molecule has 1 aromatic heterocycles. The molecule has 8 nitrogen and oxygen atoms in total. The molecule has 8 heteroatoms. The Bertz CT molecular complexity index is 1070. The van der Waals surface area contributed by atoms with Crippen molar-refractivity contribution >= 4 is 11.6 Å². The smallest absolute Gasteiger partial charge is 0.262 e. The predicted molar refractivity (Wildman–Crippen MR) is 110 cm³/mol. The van der Waals surface area contributed by atoms with Gasteiger partial charge in [0.15, 0.2) is 6.61 Å². The molecule has 4 aromatic rings. The van der Waals surface area contributed by atoms with Crippen LogP contribution in [0.5, 0.6) is 11.5 Å². The number of rotatable bonds is 8. The third-order valence-corrected chi connectivity index (χ3v) is 4.21. The SMILES string of the molecule is O=C(COc1ccc(OCc2ccccc2)cc1)Nc1ccc(-n2cnnn2)cc1. The molecule has 0 aliphatic rings. The number of aromatic nitrogens is 4. The summed E-state index contributed by atoms with van der Waals surface area (Å²) < 4.78 is 12.8. The van der Waals surface area contributed by atoms with Crippen molar-refractivity contribution in [3.05, 3.63) is 90.8 Å². The molecule has 1 amide bonds. The zero-order valence-electron chi connectivity index (χ0n) is 16.0. The van der Waals surface area contributed by atoms with Gasteiger partial charge >= 0.3 is 0 Å². The van der Waals surface area contributed by atoms with E-state index in [1.807, 2.05) is 42.5 Å². The maximum absolute atomic E-state index is 12.1. The van der Waals surface area contributed by atoms with E-state index >= 15 is 0 Å². The van der Waals surface area contributed by atoms with Crippen molar-refractivity contribution in [1.82, 2.24) is 20.2 Å². The number of benzene rings is 3. The van der Waals surface area contributed by atoms with Crippen molar-refractivity contribution in [2.75, 3.05) is 11.9 Å². The standard InChI is InChI=1S/C22H19N5O3/c28-22(24-18-6-8-19(9-7-18)27-16-23-25-26-27)15-30-21-12-10-20(11-13-21)29-14-17-4-2-1-3-5-17/h1-13,16H,14-15H2,(H,24,28). The van der Waals surface area contributed by atoms with Crippen molar-refractivity contribution in [3.63, 3.8) is 0 Å². The minimum Gasteiger partial charge on any atom is -0.489 e. The molecule has 0 radical (unpaired) electrons. The van der Waals surface area contributed by atoms with E-state index in [2.05, 4.69) is 20.8 Å². The van der Waals surface area contributed by atoms with Gasteiger partial charge in [-0.1, -0.05) is 30.3 Å². The predicted octanol–water partition coefficient (Wildman–Crippen LogP) is 3.26. The first-order valence-electron chi connectivity index (χ1n) is 9.29. The molecule has 1 heterocycles. The van der Waals surface area contributed by atoms with Crippen LogP contribution >= 0.6 is 0 Å². The number of hydrogen-bond acceptors (Lipinski definition) is 6. The molecule has 3 aromatic carbocycles. The number of nitrogens with one attached hydrogen (secondary N) is 1. The summed E-state index contributed by atoms with van der Waals surface area (Å²) in [7, 11) is 0. The van der Waals surface area contributed by atoms with Gasteiger partial charge in [0.1, 0.15) is 24.4 Å². The topological polar surface area (TPSA) is 91.2 Å². The number of hydrogen-bond donors (Lipinski definition) is 1. The normalized spacial score (nSPS) is 10.4. The molecular formula is C22H19N5O3. The summed E-state index contributed by atoms with van der Waals surface area (Å²) in [6, 6.07) is 24.3. The number of carbonyl (C=O) groups excluding carboxylic acids is 1. The maximum Gasteiger partial charge on any atom is 0.262 e. The molecule has 150 valence electrons. The second kappa shape index (κ2) is 9.33. The minimum absolute atomic E-state index is 0.0982. The Morgan fingerprint density at radius 1 is 0.867 bits per heavy atom. The lowest BCUT2D eigenvalue weighted by atomic mass is 10.2. The first kappa shape index (κ1) is 19.1. The number of amides is 1. The van der Waals surface area contributed by atoms with E-state index in [-0.39, 0.29) is 12.5 Å². The summed E-state index contributed by atoms with van der Waals surface area (Å²) in [4.78, 5) is 12.1. The first-order valence-corrected chi connectivity index (χ1v) is 9.29. The van der Waals surface area contributed by atoms with E-state index in [1.165, 1.54) is 11.0 Å². The van der Waals surface area contributed by atoms with Crippen LogP contribution in [0.1, 0.15) is 5.56 Å². The summed E-state index contributed by atoms with van der Waals surface area (Å²) in [6.07, 6.45) is 1.50. The second-order valence-corrected chi connectivity index (χ2v) is 6.38. The van der Waals surface area contributed by atoms with E-state index in [0.717, 1.165) is 17.0 Å². The summed E-state index contributed by atoms with van der Waals surface area (Å²) in [5.41, 5.74) is 2.55. The van der Waals surface area contributed by atoms with Crippen LogP contribution in [0.3, 0.4) is 0 Å². The minimum atomic E-state index is -0.255. The lowest BCUT2D eigenvalue weighted by molar-refractivity contribution is -0.118. The third kappa shape index (κ3) is 5.20. The van der Waals surface area contributed by atoms with Gasteiger partial charge in [-0.2, -0.15) is 0 Å². The van der Waals surface area contributed by atoms with Gasteiger partial charge in [0.25, 0.3) is 5.91 Å². The van der Waals surface area contributed by atoms with Crippen LogP contribution in [0.15, 0.2) is 85.2 Å². The highest BCUT2D eigenvalue weighted by molar-refractivity contribution is 5.91. The third-order valence-electron chi connectivity index (χ3n) is 4.21. The van der Waals surface area contributed by atoms with E-state index in [0.29, 0.717) is 18.0 Å². The van der Waals surface area contributed by atoms with Crippen molar-refractivity contribution in [3.8, 4) is 17.2 Å². The fourth-order valence-corrected chi connectivity index (χ4v) is 2.70. The number of nitrogens with zero attached hydrogens (tertiary/aromatic N) is 4. The first-order chi connectivity index (χ1) is 14.8. The monoisotopic (exact) mass is 401 g/mol. The molecule has 1 N–H and O–H groups in total. The lowest BCUT2D eigenvalue weighted by Crippen LogP contribution is -2.20. The van der Waals surface area contributed by atoms with Crippen molar-refractivity contribution in [2.24, 2.45) is 0 Å². The largest absolute Gasteiger partial charge is 0.489 e. The number of anilines is 1. The molecule has 0 saturated heterocycles. The van der Waals surface area contributed by atoms with E-state index in [9.17, 15) is 4.79 Å². The van der Waals surface area contributed by atoms with Crippen LogP contribution in [0, 0.1) is 0 Å². The lowest BCUT2D eigenvalue weighted by Gasteiger charge is -2.10. The van der Waals surface area contributed by atoms with Crippen LogP contribution in [0.2, 0.25) is 0 Å². The van der Waals surface area contributed by atoms with Gasteiger partial charge in [0.05, 0.1) is 5.69 Å². The van der Waals surface area contributed by atoms with Gasteiger partial charge in [0.2, 0.25) is 0 Å². The van der Waals surface area contributed by atoms with Gasteiger partial charge in [-0.3, -0.25) is 4.79 Å². The van der Waals surface area contributed by atoms with Crippen LogP contribution in [-0.4, -0.2) is 32.7 Å². The fourth-order valence-electron chi connectivity index (χ4n) is 2.70. The van der Waals surface area contributed by atoms with Crippen molar-refractivity contribution < 1.29 is 14.3 Å². The van der Waals surface area contributed by atoms with Gasteiger partial charge in [-0.25, -0.2) is 4.68 Å². The summed E-state index contributed by atoms with van der Waals surface area (Å²) >= 11 is 0. The zero-order valence-corrected chi connectivity index (χ0v) is 16.0. The molecule has 0 spiro atoms. The molecule has 0 saturated carbocycles. The molecule has 0 unspecified atom stereocenters. The summed E-state index contributed by atoms with van der Waals surface area (Å²) in [5.74, 6) is 1.07. The van der Waals surface area contributed by atoms with Crippen LogP contribution < -0.4 is 14.8 Å². The van der Waals surface area contributed by atoms with Gasteiger partial charge in [0, 0.05) is 5.69 Å². The van der Waals surface area contributed by atoms with E-state index < -0.39 is 0 Å². The Morgan fingerprint density at radius 3 is 2.23 bits per heavy atom. The average molecular weight is 401 g/mol. The average Bonchev–Trinajstić information content (AvgIpc) is 3.33. The summed E-state index contributed by atoms with van der Waals surface area (Å²) in [6.45, 7) is 0.397. The molecule has 0 aliphatic heterocycles. The highest BCUT2D eigenvalue weighted by atomic mass is 16.5. The molecule has 0 fully saturated rings. The molecule has 0 bridgehead atoms. The van der Waals surface area contributed by atoms with Crippen molar-refractivity contribution in [2.45, 2.75) is 6.61 Å². The van der Waals surface area contributed by atoms with Gasteiger partial charge in [-0.15, -0.1) is 5.10 Å². The van der Waals surface area contributed by atoms with Crippen LogP contribution in [0.25, 0.3) is 5.69 Å². The quantitative estimate of drug-likeness (QED) is 0.487. The highest BCUT2D eigenvalue weighted by Gasteiger charge is 2.05. The maximum atomic E-state index is 12.1. The fraction of sp³-hybridized carbons (Fsp3) is 0.0909. The number of tetrazole rings is 1. The van der Waals surface area contributed by atoms with Crippen molar-refractivity contribution in [1.29, 1.82) is 0 Å². The zero-order chi connectivity index (χ0) is 20.6. The molecule has 30 heavy (non-hydrogen) atoms. The number of carbonyl (C=O) groups is 1. The molecule has 0 aliphatic carbocycles. The van der Waals surface area contributed by atoms with Gasteiger partial charge in [-0.05, 0) is 64.5 Å². The molecular weight excluding hydrogens is 382 g/mol. The molecule has 4 rings (SSSR count). The Balaban J connectivity index is 1.23. The Labute approximate surface area is 173 Å².